The van der Waals surface area contributed by atoms with Gasteiger partial charge in [0.25, 0.3) is 0 Å². The van der Waals surface area contributed by atoms with Crippen LogP contribution in [0.25, 0.3) is 0 Å². The van der Waals surface area contributed by atoms with Crippen molar-refractivity contribution in [2.45, 2.75) is 64.8 Å². The molecule has 5 heteroatoms. The number of halogens is 1. The molecule has 0 amide bonds. The van der Waals surface area contributed by atoms with E-state index in [1.807, 2.05) is 13.8 Å². The molecule has 1 atom stereocenters. The molecule has 0 spiro atoms. The van der Waals surface area contributed by atoms with E-state index in [0.29, 0.717) is 0 Å². The highest BCUT2D eigenvalue weighted by molar-refractivity contribution is 5.88. The fraction of sp³-hybridized carbons (Fsp3) is 0.667. The van der Waals surface area contributed by atoms with Gasteiger partial charge < -0.3 is 14.6 Å². The second-order valence-electron chi connectivity index (χ2n) is 8.86. The third-order valence-corrected chi connectivity index (χ3v) is 6.39. The van der Waals surface area contributed by atoms with Gasteiger partial charge in [0.1, 0.15) is 0 Å². The highest BCUT2D eigenvalue weighted by atomic mass is 19.1. The van der Waals surface area contributed by atoms with Crippen molar-refractivity contribution in [3.8, 4) is 5.75 Å². The molecule has 1 unspecified atom stereocenters. The Morgan fingerprint density at radius 1 is 1.15 bits per heavy atom. The van der Waals surface area contributed by atoms with E-state index < -0.39 is 18.1 Å². The summed E-state index contributed by atoms with van der Waals surface area (Å²) in [6.07, 6.45) is 6.53. The van der Waals surface area contributed by atoms with Gasteiger partial charge in [-0.05, 0) is 88.3 Å². The van der Waals surface area contributed by atoms with E-state index in [-0.39, 0.29) is 22.8 Å². The van der Waals surface area contributed by atoms with Crippen molar-refractivity contribution in [2.24, 2.45) is 23.2 Å². The van der Waals surface area contributed by atoms with E-state index in [0.717, 1.165) is 43.1 Å². The predicted octanol–water partition coefficient (Wildman–Crippen LogP) is 4.87. The summed E-state index contributed by atoms with van der Waals surface area (Å²) in [4.78, 5) is 11.2. The van der Waals surface area contributed by atoms with Gasteiger partial charge in [0.2, 0.25) is 6.29 Å². The first-order valence-electron chi connectivity index (χ1n) is 9.69. The Kier molecular flexibility index (Phi) is 4.46. The van der Waals surface area contributed by atoms with Crippen molar-refractivity contribution < 1.29 is 23.8 Å². The number of aromatic carboxylic acids is 1. The lowest BCUT2D eigenvalue weighted by molar-refractivity contribution is -0.228. The molecular weight excluding hydrogens is 335 g/mol. The summed E-state index contributed by atoms with van der Waals surface area (Å²) in [5.74, 6) is 0.504. The third kappa shape index (κ3) is 3.22. The maximum Gasteiger partial charge on any atom is 0.335 e. The highest BCUT2D eigenvalue weighted by Gasteiger charge is 2.56. The summed E-state index contributed by atoms with van der Waals surface area (Å²) in [6.45, 7) is 3.92. The van der Waals surface area contributed by atoms with Crippen LogP contribution in [0, 0.1) is 29.0 Å². The van der Waals surface area contributed by atoms with Crippen LogP contribution in [0.15, 0.2) is 18.2 Å². The van der Waals surface area contributed by atoms with Crippen LogP contribution in [0.5, 0.6) is 5.75 Å². The number of carboxylic acids is 1. The number of carboxylic acid groups (broad SMARTS) is 1. The number of rotatable bonds is 6. The van der Waals surface area contributed by atoms with Crippen molar-refractivity contribution in [3.05, 3.63) is 29.6 Å². The van der Waals surface area contributed by atoms with Gasteiger partial charge in [0, 0.05) is 5.41 Å². The first-order chi connectivity index (χ1) is 12.3. The molecule has 0 radical (unpaired) electrons. The Balaban J connectivity index is 1.64. The lowest BCUT2D eigenvalue weighted by Gasteiger charge is -2.58. The van der Waals surface area contributed by atoms with Gasteiger partial charge in [-0.3, -0.25) is 0 Å². The molecule has 26 heavy (non-hydrogen) atoms. The largest absolute Gasteiger partial charge is 0.478 e. The Morgan fingerprint density at radius 2 is 1.73 bits per heavy atom. The zero-order chi connectivity index (χ0) is 18.5. The average molecular weight is 362 g/mol. The molecule has 1 aromatic rings. The second-order valence-corrected chi connectivity index (χ2v) is 8.86. The average Bonchev–Trinajstić information content (AvgIpc) is 2.54. The monoisotopic (exact) mass is 362 g/mol. The minimum absolute atomic E-state index is 0.0219. The topological polar surface area (TPSA) is 55.8 Å². The Hall–Kier alpha value is -1.62. The van der Waals surface area contributed by atoms with Gasteiger partial charge in [0.05, 0.1) is 11.7 Å². The van der Waals surface area contributed by atoms with E-state index in [1.54, 1.807) is 0 Å². The van der Waals surface area contributed by atoms with Gasteiger partial charge in [0.15, 0.2) is 11.6 Å². The molecule has 0 saturated heterocycles. The summed E-state index contributed by atoms with van der Waals surface area (Å²) in [7, 11) is 0. The summed E-state index contributed by atoms with van der Waals surface area (Å²) in [5, 5.41) is 9.20. The van der Waals surface area contributed by atoms with Gasteiger partial charge in [-0.15, -0.1) is 0 Å². The van der Waals surface area contributed by atoms with Crippen LogP contribution in [-0.4, -0.2) is 23.5 Å². The van der Waals surface area contributed by atoms with Crippen LogP contribution in [0.2, 0.25) is 0 Å². The van der Waals surface area contributed by atoms with Crippen LogP contribution < -0.4 is 4.74 Å². The Labute approximate surface area is 153 Å². The lowest BCUT2D eigenvalue weighted by Crippen LogP contribution is -2.54. The number of benzene rings is 1. The molecule has 142 valence electrons. The van der Waals surface area contributed by atoms with Crippen molar-refractivity contribution in [3.63, 3.8) is 0 Å². The molecule has 1 aromatic carbocycles. The molecule has 4 nitrogen and oxygen atoms in total. The number of carbonyl (C=O) groups is 1. The third-order valence-electron chi connectivity index (χ3n) is 6.39. The molecule has 4 aliphatic rings. The number of hydrogen-bond acceptors (Lipinski definition) is 3. The van der Waals surface area contributed by atoms with Crippen molar-refractivity contribution in [2.75, 3.05) is 0 Å². The van der Waals surface area contributed by atoms with E-state index in [1.165, 1.54) is 31.4 Å². The number of hydrogen-bond donors (Lipinski definition) is 1. The maximum atomic E-state index is 14.3. The highest BCUT2D eigenvalue weighted by Crippen LogP contribution is 2.62. The van der Waals surface area contributed by atoms with Gasteiger partial charge >= 0.3 is 5.97 Å². The van der Waals surface area contributed by atoms with Gasteiger partial charge in [-0.25, -0.2) is 9.18 Å². The standard InChI is InChI=1S/C21H27FO4/c1-12(2)25-20(26-18-8-16(19(23)24)3-4-17(18)22)21-9-13-5-14(10-21)7-15(6-13)11-21/h3-4,8,12-15,20H,5-7,9-11H2,1-2H3,(H,23,24). The summed E-state index contributed by atoms with van der Waals surface area (Å²) in [5.41, 5.74) is -0.0553. The maximum absolute atomic E-state index is 14.3. The smallest absolute Gasteiger partial charge is 0.335 e. The zero-order valence-corrected chi connectivity index (χ0v) is 15.4. The van der Waals surface area contributed by atoms with Crippen LogP contribution in [0.3, 0.4) is 0 Å². The quantitative estimate of drug-likeness (QED) is 0.734. The van der Waals surface area contributed by atoms with Crippen molar-refractivity contribution >= 4 is 5.97 Å². The SMILES string of the molecule is CC(C)OC(Oc1cc(C(=O)O)ccc1F)C12CC3CC(CC(C3)C1)C2. The van der Waals surface area contributed by atoms with E-state index in [4.69, 9.17) is 9.47 Å². The first kappa shape index (κ1) is 17.8. The molecule has 4 bridgehead atoms. The first-order valence-corrected chi connectivity index (χ1v) is 9.69. The zero-order valence-electron chi connectivity index (χ0n) is 15.4. The molecule has 0 aromatic heterocycles. The van der Waals surface area contributed by atoms with Crippen molar-refractivity contribution in [1.29, 1.82) is 0 Å². The minimum atomic E-state index is -1.09. The Bertz CT molecular complexity index is 664. The number of ether oxygens (including phenoxy) is 2. The molecule has 4 saturated carbocycles. The van der Waals surface area contributed by atoms with Crippen LogP contribution in [0.1, 0.15) is 62.7 Å². The molecule has 0 aliphatic heterocycles. The summed E-state index contributed by atoms with van der Waals surface area (Å²) in [6, 6.07) is 3.69. The lowest BCUT2D eigenvalue weighted by atomic mass is 9.49. The van der Waals surface area contributed by atoms with Crippen molar-refractivity contribution in [1.82, 2.24) is 0 Å². The molecule has 5 rings (SSSR count). The Morgan fingerprint density at radius 3 is 2.23 bits per heavy atom. The normalized spacial score (nSPS) is 33.5. The van der Waals surface area contributed by atoms with E-state index in [2.05, 4.69) is 0 Å². The van der Waals surface area contributed by atoms with Crippen LogP contribution in [-0.2, 0) is 4.74 Å². The van der Waals surface area contributed by atoms with Crippen LogP contribution >= 0.6 is 0 Å². The minimum Gasteiger partial charge on any atom is -0.478 e. The fourth-order valence-electron chi connectivity index (χ4n) is 5.85. The fourth-order valence-corrected chi connectivity index (χ4v) is 5.85. The molecule has 0 heterocycles. The summed E-state index contributed by atoms with van der Waals surface area (Å²) < 4.78 is 26.6. The molecule has 4 aliphatic carbocycles. The van der Waals surface area contributed by atoms with E-state index in [9.17, 15) is 14.3 Å². The van der Waals surface area contributed by atoms with Gasteiger partial charge in [-0.1, -0.05) is 0 Å². The second kappa shape index (κ2) is 6.52. The van der Waals surface area contributed by atoms with Gasteiger partial charge in [-0.2, -0.15) is 0 Å². The van der Waals surface area contributed by atoms with Crippen LogP contribution in [0.4, 0.5) is 4.39 Å². The molecule has 4 fully saturated rings. The molecular formula is C21H27FO4. The predicted molar refractivity (Wildman–Crippen MR) is 94.6 cm³/mol. The summed E-state index contributed by atoms with van der Waals surface area (Å²) >= 11 is 0. The van der Waals surface area contributed by atoms with E-state index >= 15 is 0 Å². The molecule has 1 N–H and O–H groups in total.